The van der Waals surface area contributed by atoms with Crippen LogP contribution in [0.2, 0.25) is 0 Å². The smallest absolute Gasteiger partial charge is 0.137 e. The summed E-state index contributed by atoms with van der Waals surface area (Å²) in [6.45, 7) is 13.7. The number of rotatable bonds is 11. The van der Waals surface area contributed by atoms with Gasteiger partial charge in [-0.15, -0.1) is 0 Å². The summed E-state index contributed by atoms with van der Waals surface area (Å²) < 4.78 is 11.3. The van der Waals surface area contributed by atoms with Crippen LogP contribution in [0.3, 0.4) is 0 Å². The molecule has 5 heteroatoms. The van der Waals surface area contributed by atoms with E-state index in [1.54, 1.807) is 0 Å². The van der Waals surface area contributed by atoms with Crippen LogP contribution >= 0.6 is 0 Å². The number of hydrogen-bond acceptors (Lipinski definition) is 3. The van der Waals surface area contributed by atoms with Crippen LogP contribution in [0.5, 0.6) is 11.5 Å². The molecule has 49 heavy (non-hydrogen) atoms. The van der Waals surface area contributed by atoms with E-state index in [4.69, 9.17) is 14.8 Å². The van der Waals surface area contributed by atoms with Crippen molar-refractivity contribution in [2.24, 2.45) is 5.92 Å². The van der Waals surface area contributed by atoms with Gasteiger partial charge in [0.25, 0.3) is 0 Å². The first-order valence-corrected chi connectivity index (χ1v) is 18.5. The molecular formula is C44H50N4O. The van der Waals surface area contributed by atoms with E-state index in [2.05, 4.69) is 130 Å². The lowest BCUT2D eigenvalue weighted by atomic mass is 9.74. The third-order valence-corrected chi connectivity index (χ3v) is 10.3. The Morgan fingerprint density at radius 2 is 1.59 bits per heavy atom. The minimum Gasteiger partial charge on any atom is -0.457 e. The molecule has 7 rings (SSSR count). The Labute approximate surface area is 291 Å². The quantitative estimate of drug-likeness (QED) is 0.131. The molecule has 0 spiro atoms. The van der Waals surface area contributed by atoms with Gasteiger partial charge in [-0.3, -0.25) is 4.57 Å². The standard InChI is InChI=1S/C44H50N4O/c1-7-13-32-22-23-45-42(26-32)47-39-19-11-10-18-36(39)37-21-20-34(28-41(37)47)49-35-25-29(4)24-33(27-35)48-40(15-9-3)44(38(46-48)14-8-2)43-30(5)16-12-17-31(43)6/h10-11,16,18-28,31,43H,7-9,12-15,17H2,1-6H3/t31-,43?/m0/s1. The van der Waals surface area contributed by atoms with Gasteiger partial charge in [0.2, 0.25) is 0 Å². The second-order valence-corrected chi connectivity index (χ2v) is 14.1. The first-order chi connectivity index (χ1) is 23.9. The van der Waals surface area contributed by atoms with Crippen LogP contribution in [0.1, 0.15) is 101 Å². The van der Waals surface area contributed by atoms with E-state index >= 15 is 0 Å². The van der Waals surface area contributed by atoms with Crippen LogP contribution in [0.25, 0.3) is 33.3 Å². The number of fused-ring (bicyclic) bond motifs is 3. The summed E-state index contributed by atoms with van der Waals surface area (Å²) in [6.07, 6.45) is 13.1. The van der Waals surface area contributed by atoms with E-state index < -0.39 is 0 Å². The van der Waals surface area contributed by atoms with Gasteiger partial charge in [0.1, 0.15) is 17.3 Å². The summed E-state index contributed by atoms with van der Waals surface area (Å²) in [5.74, 6) is 3.60. The van der Waals surface area contributed by atoms with Crippen molar-refractivity contribution in [1.82, 2.24) is 19.3 Å². The van der Waals surface area contributed by atoms with Crippen molar-refractivity contribution in [3.8, 4) is 23.0 Å². The molecule has 5 nitrogen and oxygen atoms in total. The molecule has 0 N–H and O–H groups in total. The third kappa shape index (κ3) is 6.32. The van der Waals surface area contributed by atoms with Crippen LogP contribution in [-0.4, -0.2) is 19.3 Å². The van der Waals surface area contributed by atoms with Crippen molar-refractivity contribution in [3.63, 3.8) is 0 Å². The first kappa shape index (κ1) is 32.9. The average Bonchev–Trinajstić information content (AvgIpc) is 3.60. The Bertz CT molecular complexity index is 2150. The lowest BCUT2D eigenvalue weighted by Crippen LogP contribution is -2.18. The number of nitrogens with zero attached hydrogens (tertiary/aromatic N) is 4. The van der Waals surface area contributed by atoms with Gasteiger partial charge in [0.15, 0.2) is 0 Å². The van der Waals surface area contributed by atoms with Gasteiger partial charge in [-0.2, -0.15) is 5.10 Å². The lowest BCUT2D eigenvalue weighted by molar-refractivity contribution is 0.445. The molecule has 0 aliphatic heterocycles. The Balaban J connectivity index is 1.31. The van der Waals surface area contributed by atoms with Gasteiger partial charge < -0.3 is 4.74 Å². The van der Waals surface area contributed by atoms with Gasteiger partial charge in [-0.1, -0.05) is 76.8 Å². The number of para-hydroxylation sites is 1. The fraction of sp³-hybridized carbons (Fsp3) is 0.364. The van der Waals surface area contributed by atoms with Crippen LogP contribution < -0.4 is 4.74 Å². The normalized spacial score (nSPS) is 16.4. The molecular weight excluding hydrogens is 601 g/mol. The fourth-order valence-corrected chi connectivity index (χ4v) is 8.15. The number of aryl methyl sites for hydroxylation is 3. The molecule has 0 bridgehead atoms. The first-order valence-electron chi connectivity index (χ1n) is 18.5. The monoisotopic (exact) mass is 650 g/mol. The molecule has 3 heterocycles. The molecule has 0 saturated carbocycles. The van der Waals surface area contributed by atoms with Crippen molar-refractivity contribution in [3.05, 3.63) is 119 Å². The fourth-order valence-electron chi connectivity index (χ4n) is 8.15. The van der Waals surface area contributed by atoms with E-state index in [9.17, 15) is 0 Å². The summed E-state index contributed by atoms with van der Waals surface area (Å²) in [5.41, 5.74) is 11.3. The summed E-state index contributed by atoms with van der Waals surface area (Å²) in [4.78, 5) is 4.83. The maximum absolute atomic E-state index is 6.73. The second kappa shape index (κ2) is 14.1. The second-order valence-electron chi connectivity index (χ2n) is 14.1. The van der Waals surface area contributed by atoms with Crippen molar-refractivity contribution in [2.75, 3.05) is 0 Å². The maximum atomic E-state index is 6.73. The lowest BCUT2D eigenvalue weighted by Gasteiger charge is -2.30. The van der Waals surface area contributed by atoms with Crippen molar-refractivity contribution in [1.29, 1.82) is 0 Å². The molecule has 1 unspecified atom stereocenters. The van der Waals surface area contributed by atoms with Crippen LogP contribution in [-0.2, 0) is 19.3 Å². The van der Waals surface area contributed by atoms with Gasteiger partial charge in [0.05, 0.1) is 22.4 Å². The zero-order valence-electron chi connectivity index (χ0n) is 30.1. The molecule has 6 aromatic rings. The summed E-state index contributed by atoms with van der Waals surface area (Å²) >= 11 is 0. The number of ether oxygens (including phenoxy) is 1. The van der Waals surface area contributed by atoms with Gasteiger partial charge in [-0.25, -0.2) is 9.67 Å². The molecule has 3 aromatic carbocycles. The SMILES string of the molecule is CCCc1ccnc(-n2c3ccccc3c3ccc(Oc4cc(C)cc(-n5nc(CCC)c(C6C(C)=CCC[C@@H]6C)c5CCC)c4)cc32)c1. The Kier molecular flexibility index (Phi) is 9.44. The topological polar surface area (TPSA) is 44.9 Å². The molecule has 0 saturated heterocycles. The number of pyridine rings is 1. The Morgan fingerprint density at radius 1 is 0.796 bits per heavy atom. The van der Waals surface area contributed by atoms with Gasteiger partial charge >= 0.3 is 0 Å². The van der Waals surface area contributed by atoms with Gasteiger partial charge in [0, 0.05) is 46.3 Å². The molecule has 0 radical (unpaired) electrons. The zero-order valence-corrected chi connectivity index (χ0v) is 30.1. The van der Waals surface area contributed by atoms with E-state index in [-0.39, 0.29) is 0 Å². The summed E-state index contributed by atoms with van der Waals surface area (Å²) in [5, 5.41) is 7.78. The summed E-state index contributed by atoms with van der Waals surface area (Å²) in [7, 11) is 0. The Hall–Kier alpha value is -4.64. The molecule has 0 fully saturated rings. The highest BCUT2D eigenvalue weighted by atomic mass is 16.5. The molecule has 3 aromatic heterocycles. The number of aromatic nitrogens is 4. The van der Waals surface area contributed by atoms with Crippen LogP contribution in [0.4, 0.5) is 0 Å². The highest BCUT2D eigenvalue weighted by Gasteiger charge is 2.31. The highest BCUT2D eigenvalue weighted by molar-refractivity contribution is 6.09. The number of hydrogen-bond donors (Lipinski definition) is 0. The molecule has 252 valence electrons. The number of allylic oxidation sites excluding steroid dienone is 2. The predicted molar refractivity (Wildman–Crippen MR) is 204 cm³/mol. The number of benzene rings is 3. The zero-order chi connectivity index (χ0) is 34.1. The van der Waals surface area contributed by atoms with Crippen LogP contribution in [0, 0.1) is 12.8 Å². The maximum Gasteiger partial charge on any atom is 0.137 e. The van der Waals surface area contributed by atoms with Crippen LogP contribution in [0.15, 0.2) is 90.6 Å². The van der Waals surface area contributed by atoms with E-state index in [1.165, 1.54) is 51.7 Å². The van der Waals surface area contributed by atoms with E-state index in [1.807, 2.05) is 6.20 Å². The van der Waals surface area contributed by atoms with Gasteiger partial charge in [-0.05, 0) is 105 Å². The van der Waals surface area contributed by atoms with Crippen molar-refractivity contribution < 1.29 is 4.74 Å². The minimum absolute atomic E-state index is 0.432. The van der Waals surface area contributed by atoms with E-state index in [0.717, 1.165) is 78.1 Å². The molecule has 2 atom stereocenters. The highest BCUT2D eigenvalue weighted by Crippen LogP contribution is 2.43. The predicted octanol–water partition coefficient (Wildman–Crippen LogP) is 11.8. The third-order valence-electron chi connectivity index (χ3n) is 10.3. The minimum atomic E-state index is 0.432. The van der Waals surface area contributed by atoms with Crippen molar-refractivity contribution >= 4 is 21.8 Å². The van der Waals surface area contributed by atoms with E-state index in [0.29, 0.717) is 11.8 Å². The molecule has 0 amide bonds. The Morgan fingerprint density at radius 3 is 2.39 bits per heavy atom. The molecule has 1 aliphatic rings. The largest absolute Gasteiger partial charge is 0.457 e. The van der Waals surface area contributed by atoms with Crippen molar-refractivity contribution in [2.45, 2.75) is 98.8 Å². The molecule has 1 aliphatic carbocycles. The average molecular weight is 651 g/mol. The summed E-state index contributed by atoms with van der Waals surface area (Å²) in [6, 6.07) is 25.9.